The van der Waals surface area contributed by atoms with Crippen molar-refractivity contribution in [1.29, 1.82) is 0 Å². The van der Waals surface area contributed by atoms with Crippen molar-refractivity contribution >= 4 is 40.1 Å². The summed E-state index contributed by atoms with van der Waals surface area (Å²) in [4.78, 5) is 26.9. The fraction of sp³-hybridized carbons (Fsp3) is 0.185. The molecular formula is C27H28N4O4. The van der Waals surface area contributed by atoms with Gasteiger partial charge in [-0.05, 0) is 35.9 Å². The van der Waals surface area contributed by atoms with Crippen LogP contribution >= 0.6 is 0 Å². The van der Waals surface area contributed by atoms with Crippen molar-refractivity contribution < 1.29 is 19.1 Å². The first-order valence-corrected chi connectivity index (χ1v) is 11.2. The number of benzene rings is 3. The molecule has 8 heteroatoms. The molecule has 0 saturated carbocycles. The molecule has 2 amide bonds. The predicted molar refractivity (Wildman–Crippen MR) is 139 cm³/mol. The zero-order valence-corrected chi connectivity index (χ0v) is 19.9. The van der Waals surface area contributed by atoms with Crippen molar-refractivity contribution in [3.8, 4) is 11.5 Å². The SMILES string of the molecule is COc1cc2c(cc1OC)C(=C(Nc1ccc(N(C)C(=O)CCN)cc1)c1ccccc1)C(=O)N2. The van der Waals surface area contributed by atoms with Crippen LogP contribution in [0.3, 0.4) is 0 Å². The van der Waals surface area contributed by atoms with Crippen LogP contribution < -0.4 is 30.7 Å². The number of methoxy groups -OCH3 is 2. The Labute approximate surface area is 204 Å². The van der Waals surface area contributed by atoms with Gasteiger partial charge in [0.15, 0.2) is 11.5 Å². The van der Waals surface area contributed by atoms with Gasteiger partial charge < -0.3 is 30.7 Å². The molecule has 0 fully saturated rings. The first-order valence-electron chi connectivity index (χ1n) is 11.2. The molecule has 35 heavy (non-hydrogen) atoms. The lowest BCUT2D eigenvalue weighted by Gasteiger charge is -2.19. The highest BCUT2D eigenvalue weighted by atomic mass is 16.5. The summed E-state index contributed by atoms with van der Waals surface area (Å²) in [6.07, 6.45) is 0.281. The number of rotatable bonds is 8. The summed E-state index contributed by atoms with van der Waals surface area (Å²) in [5, 5.41) is 6.35. The Morgan fingerprint density at radius 1 is 1.00 bits per heavy atom. The summed E-state index contributed by atoms with van der Waals surface area (Å²) in [6.45, 7) is 0.303. The summed E-state index contributed by atoms with van der Waals surface area (Å²) in [7, 11) is 4.84. The third-order valence-electron chi connectivity index (χ3n) is 5.84. The quantitative estimate of drug-likeness (QED) is 0.429. The van der Waals surface area contributed by atoms with E-state index in [1.165, 1.54) is 0 Å². The Bertz CT molecular complexity index is 1270. The average molecular weight is 473 g/mol. The number of carbonyl (C=O) groups excluding carboxylic acids is 2. The van der Waals surface area contributed by atoms with E-state index >= 15 is 0 Å². The van der Waals surface area contributed by atoms with E-state index in [2.05, 4.69) is 10.6 Å². The third-order valence-corrected chi connectivity index (χ3v) is 5.84. The third kappa shape index (κ3) is 4.83. The molecule has 8 nitrogen and oxygen atoms in total. The number of hydrogen-bond donors (Lipinski definition) is 3. The molecule has 0 saturated heterocycles. The summed E-state index contributed by atoms with van der Waals surface area (Å²) in [5.74, 6) is 0.780. The van der Waals surface area contributed by atoms with Crippen LogP contribution in [-0.2, 0) is 9.59 Å². The number of nitrogens with one attached hydrogen (secondary N) is 2. The maximum atomic E-state index is 13.2. The largest absolute Gasteiger partial charge is 0.493 e. The minimum Gasteiger partial charge on any atom is -0.493 e. The Kier molecular flexibility index (Phi) is 7.03. The topological polar surface area (TPSA) is 106 Å². The van der Waals surface area contributed by atoms with Crippen LogP contribution in [0.15, 0.2) is 66.7 Å². The van der Waals surface area contributed by atoms with Crippen LogP contribution in [0.4, 0.5) is 17.1 Å². The van der Waals surface area contributed by atoms with Crippen LogP contribution in [0.2, 0.25) is 0 Å². The maximum Gasteiger partial charge on any atom is 0.258 e. The molecule has 1 aliphatic heterocycles. The van der Waals surface area contributed by atoms with E-state index in [0.29, 0.717) is 40.6 Å². The molecule has 0 radical (unpaired) electrons. The molecular weight excluding hydrogens is 444 g/mol. The zero-order chi connectivity index (χ0) is 24.9. The van der Waals surface area contributed by atoms with Gasteiger partial charge in [0.25, 0.3) is 5.91 Å². The number of nitrogens with two attached hydrogens (primary N) is 1. The second-order valence-electron chi connectivity index (χ2n) is 7.99. The van der Waals surface area contributed by atoms with Crippen molar-refractivity contribution in [2.75, 3.05) is 43.3 Å². The molecule has 4 rings (SSSR count). The monoisotopic (exact) mass is 472 g/mol. The molecule has 0 aliphatic carbocycles. The van der Waals surface area contributed by atoms with Gasteiger partial charge in [0.05, 0.1) is 31.2 Å². The van der Waals surface area contributed by atoms with Crippen molar-refractivity contribution in [1.82, 2.24) is 0 Å². The Balaban J connectivity index is 1.77. The number of nitrogens with zero attached hydrogens (tertiary/aromatic N) is 1. The summed E-state index contributed by atoms with van der Waals surface area (Å²) in [5.41, 5.74) is 10.4. The fourth-order valence-corrected chi connectivity index (χ4v) is 3.98. The first kappa shape index (κ1) is 23.8. The van der Waals surface area contributed by atoms with E-state index in [-0.39, 0.29) is 18.2 Å². The maximum absolute atomic E-state index is 13.2. The number of carbonyl (C=O) groups is 2. The van der Waals surface area contributed by atoms with Crippen LogP contribution in [0.5, 0.6) is 11.5 Å². The average Bonchev–Trinajstić information content (AvgIpc) is 3.21. The first-order chi connectivity index (χ1) is 17.0. The highest BCUT2D eigenvalue weighted by Crippen LogP contribution is 2.43. The number of fused-ring (bicyclic) bond motifs is 1. The van der Waals surface area contributed by atoms with Gasteiger partial charge in [-0.15, -0.1) is 0 Å². The molecule has 0 spiro atoms. The number of amides is 2. The van der Waals surface area contributed by atoms with Crippen molar-refractivity contribution in [2.45, 2.75) is 6.42 Å². The van der Waals surface area contributed by atoms with Gasteiger partial charge in [0.1, 0.15) is 0 Å². The molecule has 1 aliphatic rings. The summed E-state index contributed by atoms with van der Waals surface area (Å²) < 4.78 is 10.9. The molecule has 0 aromatic heterocycles. The Morgan fingerprint density at radius 3 is 2.29 bits per heavy atom. The molecule has 0 atom stereocenters. The summed E-state index contributed by atoms with van der Waals surface area (Å²) in [6, 6.07) is 20.6. The number of ether oxygens (including phenoxy) is 2. The van der Waals surface area contributed by atoms with E-state index < -0.39 is 0 Å². The lowest BCUT2D eigenvalue weighted by Crippen LogP contribution is -2.27. The van der Waals surface area contributed by atoms with Crippen LogP contribution in [0, 0.1) is 0 Å². The minimum atomic E-state index is -0.231. The normalized spacial score (nSPS) is 13.5. The second kappa shape index (κ2) is 10.3. The van der Waals surface area contributed by atoms with Gasteiger partial charge >= 0.3 is 0 Å². The molecule has 4 N–H and O–H groups in total. The Hall–Kier alpha value is -4.30. The summed E-state index contributed by atoms with van der Waals surface area (Å²) >= 11 is 0. The number of hydrogen-bond acceptors (Lipinski definition) is 6. The lowest BCUT2D eigenvalue weighted by molar-refractivity contribution is -0.118. The molecule has 0 bridgehead atoms. The lowest BCUT2D eigenvalue weighted by atomic mass is 9.99. The standard InChI is InChI=1S/C27H28N4O4/c1-31(24(32)13-14-28)19-11-9-18(10-12-19)29-26(17-7-5-4-6-8-17)25-20-15-22(34-2)23(35-3)16-21(20)30-27(25)33/h4-12,15-16,29H,13-14,28H2,1-3H3,(H,30,33). The van der Waals surface area contributed by atoms with E-state index in [1.807, 2.05) is 54.6 Å². The van der Waals surface area contributed by atoms with Crippen molar-refractivity contribution in [2.24, 2.45) is 5.73 Å². The van der Waals surface area contributed by atoms with Crippen LogP contribution in [0.25, 0.3) is 11.3 Å². The zero-order valence-electron chi connectivity index (χ0n) is 19.9. The van der Waals surface area contributed by atoms with Gasteiger partial charge in [0, 0.05) is 43.0 Å². The van der Waals surface area contributed by atoms with E-state index in [0.717, 1.165) is 16.9 Å². The smallest absolute Gasteiger partial charge is 0.258 e. The van der Waals surface area contributed by atoms with Crippen molar-refractivity contribution in [3.63, 3.8) is 0 Å². The second-order valence-corrected chi connectivity index (χ2v) is 7.99. The molecule has 3 aromatic carbocycles. The van der Waals surface area contributed by atoms with Gasteiger partial charge in [-0.2, -0.15) is 0 Å². The number of anilines is 3. The Morgan fingerprint density at radius 2 is 1.66 bits per heavy atom. The molecule has 180 valence electrons. The predicted octanol–water partition coefficient (Wildman–Crippen LogP) is 3.95. The van der Waals surface area contributed by atoms with Gasteiger partial charge in [-0.3, -0.25) is 9.59 Å². The fourth-order valence-electron chi connectivity index (χ4n) is 3.98. The highest BCUT2D eigenvalue weighted by Gasteiger charge is 2.30. The minimum absolute atomic E-state index is 0.0519. The molecule has 3 aromatic rings. The van der Waals surface area contributed by atoms with Crippen LogP contribution in [0.1, 0.15) is 17.5 Å². The highest BCUT2D eigenvalue weighted by molar-refractivity contribution is 6.37. The van der Waals surface area contributed by atoms with Crippen molar-refractivity contribution in [3.05, 3.63) is 77.9 Å². The molecule has 1 heterocycles. The molecule has 0 unspecified atom stereocenters. The van der Waals surface area contributed by atoms with Gasteiger partial charge in [-0.25, -0.2) is 0 Å². The van der Waals surface area contributed by atoms with E-state index in [1.54, 1.807) is 38.3 Å². The van der Waals surface area contributed by atoms with Gasteiger partial charge in [0.2, 0.25) is 5.91 Å². The van der Waals surface area contributed by atoms with E-state index in [9.17, 15) is 9.59 Å². The van der Waals surface area contributed by atoms with E-state index in [4.69, 9.17) is 15.2 Å². The van der Waals surface area contributed by atoms with Gasteiger partial charge in [-0.1, -0.05) is 30.3 Å². The van der Waals surface area contributed by atoms with Crippen LogP contribution in [-0.4, -0.2) is 39.6 Å².